The fourth-order valence-corrected chi connectivity index (χ4v) is 2.37. The number of aryl methyl sites for hydroxylation is 3. The van der Waals surface area contributed by atoms with Gasteiger partial charge in [0.25, 0.3) is 11.8 Å². The van der Waals surface area contributed by atoms with E-state index in [1.807, 2.05) is 19.9 Å². The molecule has 0 unspecified atom stereocenters. The molecule has 0 atom stereocenters. The molecule has 2 aromatic rings. The number of nitrogens with one attached hydrogen (secondary N) is 2. The molecule has 2 N–H and O–H groups in total. The van der Waals surface area contributed by atoms with E-state index in [1.165, 1.54) is 0 Å². The van der Waals surface area contributed by atoms with Gasteiger partial charge in [0, 0.05) is 12.6 Å². The zero-order valence-corrected chi connectivity index (χ0v) is 15.3. The van der Waals surface area contributed by atoms with Crippen LogP contribution in [0.25, 0.3) is 0 Å². The second kappa shape index (κ2) is 8.28. The van der Waals surface area contributed by atoms with E-state index in [0.29, 0.717) is 16.9 Å². The number of benzene rings is 1. The maximum atomic E-state index is 12.0. The van der Waals surface area contributed by atoms with Gasteiger partial charge in [-0.05, 0) is 32.9 Å². The summed E-state index contributed by atoms with van der Waals surface area (Å²) in [6.45, 7) is 4.71. The largest absolute Gasteiger partial charge is 0.454 e. The van der Waals surface area contributed by atoms with Crippen molar-refractivity contribution in [3.63, 3.8) is 0 Å². The monoisotopic (exact) mass is 358 g/mol. The average Bonchev–Trinajstić information content (AvgIpc) is 2.84. The highest BCUT2D eigenvalue weighted by Crippen LogP contribution is 2.17. The van der Waals surface area contributed by atoms with Gasteiger partial charge < -0.3 is 15.4 Å². The van der Waals surface area contributed by atoms with E-state index in [-0.39, 0.29) is 12.5 Å². The summed E-state index contributed by atoms with van der Waals surface area (Å²) in [6.07, 6.45) is 0. The number of aromatic nitrogens is 2. The Morgan fingerprint density at radius 2 is 1.92 bits per heavy atom. The second-order valence-corrected chi connectivity index (χ2v) is 5.93. The third kappa shape index (κ3) is 4.92. The minimum atomic E-state index is -0.694. The molecule has 2 amide bonds. The molecule has 0 aliphatic rings. The van der Waals surface area contributed by atoms with Crippen LogP contribution in [0, 0.1) is 20.8 Å². The number of nitrogens with zero attached hydrogens (tertiary/aromatic N) is 2. The highest BCUT2D eigenvalue weighted by atomic mass is 16.5. The maximum absolute atomic E-state index is 12.0. The van der Waals surface area contributed by atoms with Crippen LogP contribution in [-0.4, -0.2) is 40.7 Å². The molecule has 8 nitrogen and oxygen atoms in total. The van der Waals surface area contributed by atoms with Crippen molar-refractivity contribution in [3.8, 4) is 0 Å². The molecule has 1 heterocycles. The topological polar surface area (TPSA) is 102 Å². The van der Waals surface area contributed by atoms with Crippen molar-refractivity contribution >= 4 is 23.5 Å². The standard InChI is InChI=1S/C18H22N4O4/c1-11-6-5-7-14(8-11)18(25)19-9-16(24)26-10-15(23)20-17-12(2)21-22(4)13(17)3/h5-8H,9-10H2,1-4H3,(H,19,25)(H,20,23). The van der Waals surface area contributed by atoms with Crippen LogP contribution in [0.1, 0.15) is 27.3 Å². The quantitative estimate of drug-likeness (QED) is 0.757. The Labute approximate surface area is 151 Å². The van der Waals surface area contributed by atoms with Gasteiger partial charge >= 0.3 is 5.97 Å². The molecule has 1 aromatic heterocycles. The number of ether oxygens (including phenoxy) is 1. The Kier molecular flexibility index (Phi) is 6.11. The van der Waals surface area contributed by atoms with Crippen molar-refractivity contribution in [2.24, 2.45) is 7.05 Å². The third-order valence-corrected chi connectivity index (χ3v) is 3.81. The summed E-state index contributed by atoms with van der Waals surface area (Å²) in [5.74, 6) is -1.54. The number of esters is 1. The molecular formula is C18H22N4O4. The first-order valence-electron chi connectivity index (χ1n) is 8.08. The van der Waals surface area contributed by atoms with E-state index < -0.39 is 18.5 Å². The van der Waals surface area contributed by atoms with Crippen LogP contribution in [0.5, 0.6) is 0 Å². The number of hydrogen-bond acceptors (Lipinski definition) is 5. The van der Waals surface area contributed by atoms with Crippen molar-refractivity contribution in [3.05, 3.63) is 46.8 Å². The number of amides is 2. The van der Waals surface area contributed by atoms with E-state index in [2.05, 4.69) is 15.7 Å². The molecule has 0 saturated heterocycles. The SMILES string of the molecule is Cc1cccc(C(=O)NCC(=O)OCC(=O)Nc2c(C)nn(C)c2C)c1. The van der Waals surface area contributed by atoms with Gasteiger partial charge in [-0.2, -0.15) is 5.10 Å². The molecule has 138 valence electrons. The van der Waals surface area contributed by atoms with Crippen molar-refractivity contribution in [1.82, 2.24) is 15.1 Å². The lowest BCUT2D eigenvalue weighted by Crippen LogP contribution is -2.32. The first kappa shape index (κ1) is 19.2. The summed E-state index contributed by atoms with van der Waals surface area (Å²) in [7, 11) is 1.77. The average molecular weight is 358 g/mol. The van der Waals surface area contributed by atoms with Crippen molar-refractivity contribution in [2.75, 3.05) is 18.5 Å². The predicted octanol–water partition coefficient (Wildman–Crippen LogP) is 1.26. The molecule has 26 heavy (non-hydrogen) atoms. The van der Waals surface area contributed by atoms with E-state index in [0.717, 1.165) is 11.3 Å². The summed E-state index contributed by atoms with van der Waals surface area (Å²) in [6, 6.07) is 7.00. The number of hydrogen-bond donors (Lipinski definition) is 2. The normalized spacial score (nSPS) is 10.3. The molecule has 8 heteroatoms. The lowest BCUT2D eigenvalue weighted by Gasteiger charge is -2.08. The molecule has 2 rings (SSSR count). The lowest BCUT2D eigenvalue weighted by atomic mass is 10.1. The van der Waals surface area contributed by atoms with Crippen molar-refractivity contribution in [2.45, 2.75) is 20.8 Å². The highest BCUT2D eigenvalue weighted by Gasteiger charge is 2.14. The minimum absolute atomic E-state index is 0.314. The molecule has 0 bridgehead atoms. The van der Waals surface area contributed by atoms with Gasteiger partial charge in [0.2, 0.25) is 0 Å². The third-order valence-electron chi connectivity index (χ3n) is 3.81. The van der Waals surface area contributed by atoms with E-state index >= 15 is 0 Å². The first-order valence-corrected chi connectivity index (χ1v) is 8.08. The Hall–Kier alpha value is -3.16. The van der Waals surface area contributed by atoms with Crippen molar-refractivity contribution in [1.29, 1.82) is 0 Å². The summed E-state index contributed by atoms with van der Waals surface area (Å²) < 4.78 is 6.53. The van der Waals surface area contributed by atoms with Crippen LogP contribution in [0.15, 0.2) is 24.3 Å². The van der Waals surface area contributed by atoms with E-state index in [9.17, 15) is 14.4 Å². The number of carbonyl (C=O) groups excluding carboxylic acids is 3. The number of carbonyl (C=O) groups is 3. The second-order valence-electron chi connectivity index (χ2n) is 5.93. The fraction of sp³-hybridized carbons (Fsp3) is 0.333. The lowest BCUT2D eigenvalue weighted by molar-refractivity contribution is -0.146. The van der Waals surface area contributed by atoms with E-state index in [4.69, 9.17) is 4.74 Å². The highest BCUT2D eigenvalue weighted by molar-refractivity contribution is 5.97. The van der Waals surface area contributed by atoms with Crippen LogP contribution in [0.2, 0.25) is 0 Å². The van der Waals surface area contributed by atoms with Crippen LogP contribution in [0.3, 0.4) is 0 Å². The predicted molar refractivity (Wildman–Crippen MR) is 95.8 cm³/mol. The summed E-state index contributed by atoms with van der Waals surface area (Å²) in [5.41, 5.74) is 3.47. The first-order chi connectivity index (χ1) is 12.3. The van der Waals surface area contributed by atoms with Crippen LogP contribution < -0.4 is 10.6 Å². The molecule has 1 aromatic carbocycles. The maximum Gasteiger partial charge on any atom is 0.325 e. The van der Waals surface area contributed by atoms with Gasteiger partial charge in [-0.15, -0.1) is 0 Å². The smallest absolute Gasteiger partial charge is 0.325 e. The number of anilines is 1. The fourth-order valence-electron chi connectivity index (χ4n) is 2.37. The summed E-state index contributed by atoms with van der Waals surface area (Å²) in [5, 5.41) is 9.32. The summed E-state index contributed by atoms with van der Waals surface area (Å²) >= 11 is 0. The zero-order valence-electron chi connectivity index (χ0n) is 15.3. The molecule has 0 radical (unpaired) electrons. The Morgan fingerprint density at radius 3 is 2.54 bits per heavy atom. The van der Waals surface area contributed by atoms with Crippen LogP contribution in [-0.2, 0) is 21.4 Å². The molecule has 0 spiro atoms. The van der Waals surface area contributed by atoms with Crippen LogP contribution >= 0.6 is 0 Å². The summed E-state index contributed by atoms with van der Waals surface area (Å²) in [4.78, 5) is 35.6. The van der Waals surface area contributed by atoms with Gasteiger partial charge in [0.1, 0.15) is 6.54 Å². The van der Waals surface area contributed by atoms with Crippen molar-refractivity contribution < 1.29 is 19.1 Å². The Balaban J connectivity index is 1.78. The molecule has 0 fully saturated rings. The number of rotatable bonds is 6. The van der Waals surface area contributed by atoms with E-state index in [1.54, 1.807) is 36.9 Å². The molecular weight excluding hydrogens is 336 g/mol. The van der Waals surface area contributed by atoms with Gasteiger partial charge in [-0.25, -0.2) is 0 Å². The Morgan fingerprint density at radius 1 is 1.19 bits per heavy atom. The Bertz CT molecular complexity index is 842. The van der Waals surface area contributed by atoms with Gasteiger partial charge in [0.05, 0.1) is 17.1 Å². The van der Waals surface area contributed by atoms with Gasteiger partial charge in [-0.1, -0.05) is 17.7 Å². The zero-order chi connectivity index (χ0) is 19.3. The van der Waals surface area contributed by atoms with Gasteiger partial charge in [-0.3, -0.25) is 19.1 Å². The minimum Gasteiger partial charge on any atom is -0.454 e. The molecule has 0 aliphatic heterocycles. The molecule has 0 saturated carbocycles. The van der Waals surface area contributed by atoms with Gasteiger partial charge in [0.15, 0.2) is 6.61 Å². The van der Waals surface area contributed by atoms with Crippen LogP contribution in [0.4, 0.5) is 5.69 Å². The molecule has 0 aliphatic carbocycles.